The predicted octanol–water partition coefficient (Wildman–Crippen LogP) is 2.67. The summed E-state index contributed by atoms with van der Waals surface area (Å²) in [6, 6.07) is 8.80. The van der Waals surface area contributed by atoms with Crippen LogP contribution in [-0.4, -0.2) is 40.8 Å². The highest BCUT2D eigenvalue weighted by Gasteiger charge is 2.08. The fourth-order valence-electron chi connectivity index (χ4n) is 2.45. The van der Waals surface area contributed by atoms with Crippen molar-refractivity contribution in [1.82, 2.24) is 15.4 Å². The zero-order chi connectivity index (χ0) is 18.9. The zero-order valence-electron chi connectivity index (χ0n) is 16.4. The zero-order valence-corrected chi connectivity index (χ0v) is 19.5. The Morgan fingerprint density at radius 3 is 2.23 bits per heavy atom. The van der Waals surface area contributed by atoms with Gasteiger partial charge < -0.3 is 10.6 Å². The van der Waals surface area contributed by atoms with Gasteiger partial charge in [0.25, 0.3) is 0 Å². The molecule has 1 rings (SSSR count). The van der Waals surface area contributed by atoms with E-state index in [0.717, 1.165) is 12.7 Å². The van der Waals surface area contributed by atoms with Crippen LogP contribution in [0.1, 0.15) is 44.4 Å². The minimum absolute atomic E-state index is 0. The largest absolute Gasteiger partial charge is 0.356 e. The van der Waals surface area contributed by atoms with Gasteiger partial charge in [-0.15, -0.1) is 24.0 Å². The molecule has 150 valence electrons. The molecule has 26 heavy (non-hydrogen) atoms. The van der Waals surface area contributed by atoms with E-state index in [2.05, 4.69) is 65.4 Å². The first-order valence-corrected chi connectivity index (χ1v) is 10.6. The normalized spacial score (nSPS) is 13.2. The van der Waals surface area contributed by atoms with Crippen molar-refractivity contribution in [2.24, 2.45) is 10.9 Å². The van der Waals surface area contributed by atoms with Gasteiger partial charge in [0, 0.05) is 20.1 Å². The van der Waals surface area contributed by atoms with Crippen LogP contribution >= 0.6 is 24.0 Å². The summed E-state index contributed by atoms with van der Waals surface area (Å²) < 4.78 is 24.5. The van der Waals surface area contributed by atoms with Crippen molar-refractivity contribution in [2.45, 2.75) is 39.7 Å². The molecular formula is C18H33IN4O2S. The molecule has 8 heteroatoms. The lowest BCUT2D eigenvalue weighted by Gasteiger charge is -2.19. The molecule has 0 aromatic heterocycles. The summed E-state index contributed by atoms with van der Waals surface area (Å²) in [5.41, 5.74) is 2.56. The van der Waals surface area contributed by atoms with Crippen LogP contribution < -0.4 is 15.4 Å². The number of guanidine groups is 1. The second kappa shape index (κ2) is 12.5. The molecule has 0 bridgehead atoms. The molecule has 1 aromatic rings. The molecule has 0 saturated heterocycles. The summed E-state index contributed by atoms with van der Waals surface area (Å²) in [7, 11) is -1.40. The number of rotatable bonds is 9. The summed E-state index contributed by atoms with van der Waals surface area (Å²) in [5.74, 6) is 1.36. The van der Waals surface area contributed by atoms with Crippen LogP contribution in [-0.2, 0) is 16.4 Å². The lowest BCUT2D eigenvalue weighted by atomic mass is 10.00. The topological polar surface area (TPSA) is 82.6 Å². The molecule has 1 unspecified atom stereocenters. The Balaban J connectivity index is 0.00000625. The SMILES string of the molecule is CN=C(NCCCNS(C)(=O)=O)NC(C)c1ccc(CC(C)C)cc1.I. The van der Waals surface area contributed by atoms with E-state index >= 15 is 0 Å². The Kier molecular flexibility index (Phi) is 12.1. The van der Waals surface area contributed by atoms with Crippen molar-refractivity contribution >= 4 is 40.0 Å². The third kappa shape index (κ3) is 11.0. The fraction of sp³-hybridized carbons (Fsp3) is 0.611. The van der Waals surface area contributed by atoms with Crippen LogP contribution in [0.3, 0.4) is 0 Å². The third-order valence-electron chi connectivity index (χ3n) is 3.71. The smallest absolute Gasteiger partial charge is 0.208 e. The number of benzene rings is 1. The first kappa shape index (κ1) is 25.1. The molecule has 1 atom stereocenters. The number of hydrogen-bond acceptors (Lipinski definition) is 3. The predicted molar refractivity (Wildman–Crippen MR) is 121 cm³/mol. The Morgan fingerprint density at radius 2 is 1.73 bits per heavy atom. The Labute approximate surface area is 175 Å². The van der Waals surface area contributed by atoms with Crippen LogP contribution in [0, 0.1) is 5.92 Å². The van der Waals surface area contributed by atoms with Gasteiger partial charge in [0.1, 0.15) is 0 Å². The average molecular weight is 496 g/mol. The maximum Gasteiger partial charge on any atom is 0.208 e. The number of hydrogen-bond donors (Lipinski definition) is 3. The van der Waals surface area contributed by atoms with E-state index in [1.54, 1.807) is 7.05 Å². The number of nitrogens with zero attached hydrogens (tertiary/aromatic N) is 1. The average Bonchev–Trinajstić information content (AvgIpc) is 2.52. The van der Waals surface area contributed by atoms with Crippen molar-refractivity contribution in [3.63, 3.8) is 0 Å². The molecule has 0 spiro atoms. The molecule has 0 aliphatic rings. The number of halogens is 1. The minimum atomic E-state index is -3.12. The quantitative estimate of drug-likeness (QED) is 0.213. The van der Waals surface area contributed by atoms with Crippen molar-refractivity contribution in [3.05, 3.63) is 35.4 Å². The van der Waals surface area contributed by atoms with E-state index in [1.807, 2.05) is 0 Å². The maximum absolute atomic E-state index is 11.0. The summed E-state index contributed by atoms with van der Waals surface area (Å²) in [5, 5.41) is 6.55. The maximum atomic E-state index is 11.0. The number of nitrogens with one attached hydrogen (secondary N) is 3. The van der Waals surface area contributed by atoms with E-state index in [9.17, 15) is 8.42 Å². The second-order valence-electron chi connectivity index (χ2n) is 6.72. The highest BCUT2D eigenvalue weighted by molar-refractivity contribution is 14.0. The van der Waals surface area contributed by atoms with Gasteiger partial charge in [0.05, 0.1) is 12.3 Å². The van der Waals surface area contributed by atoms with E-state index in [4.69, 9.17) is 0 Å². The van der Waals surface area contributed by atoms with Gasteiger partial charge >= 0.3 is 0 Å². The van der Waals surface area contributed by atoms with Gasteiger partial charge in [0.2, 0.25) is 10.0 Å². The van der Waals surface area contributed by atoms with Crippen LogP contribution in [0.2, 0.25) is 0 Å². The van der Waals surface area contributed by atoms with Crippen LogP contribution in [0.15, 0.2) is 29.3 Å². The van der Waals surface area contributed by atoms with Gasteiger partial charge in [-0.05, 0) is 36.8 Å². The van der Waals surface area contributed by atoms with Gasteiger partial charge in [-0.3, -0.25) is 4.99 Å². The summed E-state index contributed by atoms with van der Waals surface area (Å²) in [6.45, 7) is 7.59. The molecule has 3 N–H and O–H groups in total. The van der Waals surface area contributed by atoms with E-state index in [1.165, 1.54) is 11.1 Å². The molecule has 0 heterocycles. The monoisotopic (exact) mass is 496 g/mol. The molecule has 0 aliphatic heterocycles. The van der Waals surface area contributed by atoms with Gasteiger partial charge in [-0.25, -0.2) is 13.1 Å². The molecule has 0 amide bonds. The fourth-order valence-corrected chi connectivity index (χ4v) is 2.96. The Hall–Kier alpha value is -0.870. The van der Waals surface area contributed by atoms with Crippen LogP contribution in [0.5, 0.6) is 0 Å². The molecule has 0 saturated carbocycles. The molecular weight excluding hydrogens is 463 g/mol. The second-order valence-corrected chi connectivity index (χ2v) is 8.56. The minimum Gasteiger partial charge on any atom is -0.356 e. The molecule has 0 fully saturated rings. The van der Waals surface area contributed by atoms with Gasteiger partial charge in [0.15, 0.2) is 5.96 Å². The van der Waals surface area contributed by atoms with E-state index in [0.29, 0.717) is 31.4 Å². The summed E-state index contributed by atoms with van der Waals surface area (Å²) >= 11 is 0. The van der Waals surface area contributed by atoms with Crippen molar-refractivity contribution < 1.29 is 8.42 Å². The highest BCUT2D eigenvalue weighted by atomic mass is 127. The van der Waals surface area contributed by atoms with Crippen molar-refractivity contribution in [3.8, 4) is 0 Å². The highest BCUT2D eigenvalue weighted by Crippen LogP contribution is 2.15. The summed E-state index contributed by atoms with van der Waals surface area (Å²) in [4.78, 5) is 4.21. The standard InChI is InChI=1S/C18H32N4O2S.HI/c1-14(2)13-16-7-9-17(10-8-16)15(3)22-18(19-4)20-11-6-12-21-25(5,23)24;/h7-10,14-15,21H,6,11-13H2,1-5H3,(H2,19,20,22);1H. The number of sulfonamides is 1. The van der Waals surface area contributed by atoms with Gasteiger partial charge in [-0.1, -0.05) is 38.1 Å². The van der Waals surface area contributed by atoms with Crippen molar-refractivity contribution in [1.29, 1.82) is 0 Å². The molecule has 1 aromatic carbocycles. The Morgan fingerprint density at radius 1 is 1.12 bits per heavy atom. The molecule has 0 aliphatic carbocycles. The lowest BCUT2D eigenvalue weighted by molar-refractivity contribution is 0.584. The summed E-state index contributed by atoms with van der Waals surface area (Å²) in [6.07, 6.45) is 2.94. The number of aliphatic imine (C=N–C) groups is 1. The third-order valence-corrected chi connectivity index (χ3v) is 4.44. The first-order valence-electron chi connectivity index (χ1n) is 8.72. The van der Waals surface area contributed by atoms with Crippen molar-refractivity contribution in [2.75, 3.05) is 26.4 Å². The Bertz CT molecular complexity index is 646. The van der Waals surface area contributed by atoms with E-state index < -0.39 is 10.0 Å². The van der Waals surface area contributed by atoms with Crippen LogP contribution in [0.4, 0.5) is 0 Å². The molecule has 6 nitrogen and oxygen atoms in total. The molecule has 0 radical (unpaired) electrons. The lowest BCUT2D eigenvalue weighted by Crippen LogP contribution is -2.39. The van der Waals surface area contributed by atoms with E-state index in [-0.39, 0.29) is 30.0 Å². The first-order chi connectivity index (χ1) is 11.7. The van der Waals surface area contributed by atoms with Crippen LogP contribution in [0.25, 0.3) is 0 Å². The van der Waals surface area contributed by atoms with Gasteiger partial charge in [-0.2, -0.15) is 0 Å².